The Morgan fingerprint density at radius 1 is 1.19 bits per heavy atom. The summed E-state index contributed by atoms with van der Waals surface area (Å²) in [5.74, 6) is -0.827. The van der Waals surface area contributed by atoms with Crippen LogP contribution in [-0.4, -0.2) is 77.8 Å². The Morgan fingerprint density at radius 2 is 1.91 bits per heavy atom. The summed E-state index contributed by atoms with van der Waals surface area (Å²) in [6.45, 7) is 8.13. The Hall–Kier alpha value is -3.32. The van der Waals surface area contributed by atoms with Crippen molar-refractivity contribution in [2.75, 3.05) is 27.4 Å². The van der Waals surface area contributed by atoms with Crippen LogP contribution in [0.3, 0.4) is 0 Å². The Balaban J connectivity index is 1.40. The van der Waals surface area contributed by atoms with Gasteiger partial charge in [-0.3, -0.25) is 9.59 Å². The normalized spacial score (nSPS) is 18.3. The third-order valence-electron chi connectivity index (χ3n) is 7.75. The smallest absolute Gasteiger partial charge is 0.254 e. The second-order valence-corrected chi connectivity index (χ2v) is 12.1. The number of hydrogen-bond acceptors (Lipinski definition) is 10. The first-order chi connectivity index (χ1) is 20.6. The number of amides is 2. The van der Waals surface area contributed by atoms with Crippen molar-refractivity contribution < 1.29 is 33.4 Å². The minimum Gasteiger partial charge on any atom is -0.476 e. The zero-order valence-electron chi connectivity index (χ0n) is 25.6. The Bertz CT molecular complexity index is 1340. The zero-order valence-corrected chi connectivity index (χ0v) is 26.4. The van der Waals surface area contributed by atoms with Crippen molar-refractivity contribution in [2.24, 2.45) is 5.92 Å². The molecule has 234 valence electrons. The topological polar surface area (TPSA) is 136 Å². The van der Waals surface area contributed by atoms with Gasteiger partial charge in [-0.15, -0.1) is 11.3 Å². The first-order valence-corrected chi connectivity index (χ1v) is 15.4. The van der Waals surface area contributed by atoms with Crippen LogP contribution in [0.5, 0.6) is 5.88 Å². The number of nitrogens with zero attached hydrogens (tertiary/aromatic N) is 3. The van der Waals surface area contributed by atoms with Crippen molar-refractivity contribution >= 4 is 23.2 Å². The van der Waals surface area contributed by atoms with Crippen LogP contribution in [0.4, 0.5) is 0 Å². The maximum absolute atomic E-state index is 13.9. The van der Waals surface area contributed by atoms with E-state index in [-0.39, 0.29) is 48.9 Å². The first-order valence-electron chi connectivity index (χ1n) is 14.6. The fourth-order valence-corrected chi connectivity index (χ4v) is 6.17. The maximum Gasteiger partial charge on any atom is 0.254 e. The fourth-order valence-electron chi connectivity index (χ4n) is 5.36. The van der Waals surface area contributed by atoms with Crippen LogP contribution in [0.15, 0.2) is 40.4 Å². The Labute approximate surface area is 256 Å². The van der Waals surface area contributed by atoms with E-state index in [4.69, 9.17) is 18.7 Å². The number of hydrogen-bond donors (Lipinski definition) is 2. The minimum atomic E-state index is -0.807. The van der Waals surface area contributed by atoms with E-state index in [0.29, 0.717) is 25.2 Å². The van der Waals surface area contributed by atoms with Crippen LogP contribution in [0.1, 0.15) is 69.0 Å². The van der Waals surface area contributed by atoms with Gasteiger partial charge in [-0.1, -0.05) is 38.1 Å². The lowest BCUT2D eigenvalue weighted by Gasteiger charge is -2.29. The molecule has 0 radical (unpaired) electrons. The summed E-state index contributed by atoms with van der Waals surface area (Å²) in [5, 5.41) is 17.5. The molecule has 4 atom stereocenters. The van der Waals surface area contributed by atoms with Crippen molar-refractivity contribution in [3.05, 3.63) is 52.9 Å². The molecule has 0 saturated carbocycles. The molecular weight excluding hydrogens is 572 g/mol. The average molecular weight is 615 g/mol. The molecule has 1 fully saturated rings. The number of aliphatic hydroxyl groups is 1. The van der Waals surface area contributed by atoms with Gasteiger partial charge in [0.25, 0.3) is 5.88 Å². The standard InChI is InChI=1S/C31H42N4O7S/c1-18(2)28(25-15-26(34-42-25)41-13-7-8-27(39-5)40-6)31(38)35-16-23(36)14-24(35)30(37)33-19(3)21-9-11-22(12-10-21)29-20(4)32-17-43-29/h9-12,15,17-19,23-24,27-28,36H,7-8,13-14,16H2,1-6H3,(H,33,37)/t19-,23+,24-,28?/m0/s1. The molecule has 3 heterocycles. The number of carbonyl (C=O) groups excluding carboxylic acids is 2. The number of β-amino-alcohol motifs (C(OH)–C–C–N with tert-alkyl or cyclic N) is 1. The third-order valence-corrected chi connectivity index (χ3v) is 8.73. The fraction of sp³-hybridized carbons (Fsp3) is 0.548. The summed E-state index contributed by atoms with van der Waals surface area (Å²) in [6.07, 6.45) is 0.386. The second kappa shape index (κ2) is 14.9. The van der Waals surface area contributed by atoms with E-state index in [1.807, 2.05) is 57.5 Å². The molecule has 2 aromatic heterocycles. The number of thiazole rings is 1. The molecule has 1 aromatic carbocycles. The number of methoxy groups -OCH3 is 2. The number of carbonyl (C=O) groups is 2. The summed E-state index contributed by atoms with van der Waals surface area (Å²) in [6, 6.07) is 8.52. The van der Waals surface area contributed by atoms with Crippen LogP contribution < -0.4 is 10.1 Å². The van der Waals surface area contributed by atoms with Crippen molar-refractivity contribution in [1.82, 2.24) is 20.4 Å². The van der Waals surface area contributed by atoms with Gasteiger partial charge in [-0.2, -0.15) is 0 Å². The quantitative estimate of drug-likeness (QED) is 0.199. The number of likely N-dealkylation sites (tertiary alicyclic amines) is 1. The number of aliphatic hydroxyl groups excluding tert-OH is 1. The van der Waals surface area contributed by atoms with E-state index in [0.717, 1.165) is 21.7 Å². The van der Waals surface area contributed by atoms with Crippen molar-refractivity contribution in [3.63, 3.8) is 0 Å². The van der Waals surface area contributed by atoms with E-state index in [1.165, 1.54) is 4.90 Å². The van der Waals surface area contributed by atoms with E-state index < -0.39 is 18.1 Å². The molecule has 2 N–H and O–H groups in total. The molecule has 4 rings (SSSR count). The summed E-state index contributed by atoms with van der Waals surface area (Å²) in [7, 11) is 3.17. The molecular formula is C31H42N4O7S. The predicted octanol–water partition coefficient (Wildman–Crippen LogP) is 4.46. The molecule has 0 spiro atoms. The lowest BCUT2D eigenvalue weighted by molar-refractivity contribution is -0.141. The largest absolute Gasteiger partial charge is 0.476 e. The highest BCUT2D eigenvalue weighted by molar-refractivity contribution is 7.13. The van der Waals surface area contributed by atoms with Crippen LogP contribution >= 0.6 is 11.3 Å². The highest BCUT2D eigenvalue weighted by Crippen LogP contribution is 2.33. The lowest BCUT2D eigenvalue weighted by atomic mass is 9.91. The van der Waals surface area contributed by atoms with Gasteiger partial charge >= 0.3 is 0 Å². The van der Waals surface area contributed by atoms with E-state index in [9.17, 15) is 14.7 Å². The highest BCUT2D eigenvalue weighted by atomic mass is 32.1. The summed E-state index contributed by atoms with van der Waals surface area (Å²) in [4.78, 5) is 34.2. The van der Waals surface area contributed by atoms with Gasteiger partial charge in [0.1, 0.15) is 12.0 Å². The zero-order chi connectivity index (χ0) is 31.1. The van der Waals surface area contributed by atoms with Gasteiger partial charge < -0.3 is 34.1 Å². The maximum atomic E-state index is 13.9. The number of ether oxygens (including phenoxy) is 3. The molecule has 11 nitrogen and oxygen atoms in total. The van der Waals surface area contributed by atoms with Crippen LogP contribution in [-0.2, 0) is 19.1 Å². The van der Waals surface area contributed by atoms with Crippen LogP contribution in [0, 0.1) is 12.8 Å². The Morgan fingerprint density at radius 3 is 2.53 bits per heavy atom. The van der Waals surface area contributed by atoms with Gasteiger partial charge in [-0.25, -0.2) is 4.98 Å². The SMILES string of the molecule is COC(CCCOc1cc(C(C(=O)N2C[C@H](O)C[C@H]2C(=O)N[C@@H](C)c2ccc(-c3scnc3C)cc2)C(C)C)on1)OC. The molecule has 0 bridgehead atoms. The molecule has 1 aliphatic heterocycles. The van der Waals surface area contributed by atoms with Crippen LogP contribution in [0.25, 0.3) is 10.4 Å². The summed E-state index contributed by atoms with van der Waals surface area (Å²) < 4.78 is 21.6. The van der Waals surface area contributed by atoms with Gasteiger partial charge in [0.15, 0.2) is 12.1 Å². The summed E-state index contributed by atoms with van der Waals surface area (Å²) >= 11 is 1.59. The molecule has 43 heavy (non-hydrogen) atoms. The van der Waals surface area contributed by atoms with Crippen LogP contribution in [0.2, 0.25) is 0 Å². The number of rotatable bonds is 14. The van der Waals surface area contributed by atoms with Crippen molar-refractivity contribution in [2.45, 2.75) is 77.4 Å². The molecule has 1 aliphatic rings. The molecule has 2 amide bonds. The lowest BCUT2D eigenvalue weighted by Crippen LogP contribution is -2.48. The molecule has 0 aliphatic carbocycles. The molecule has 3 aromatic rings. The van der Waals surface area contributed by atoms with Gasteiger partial charge in [0, 0.05) is 39.7 Å². The number of aryl methyl sites for hydroxylation is 1. The number of benzene rings is 1. The monoisotopic (exact) mass is 614 g/mol. The van der Waals surface area contributed by atoms with E-state index in [1.54, 1.807) is 31.6 Å². The number of aromatic nitrogens is 2. The van der Waals surface area contributed by atoms with Crippen molar-refractivity contribution in [3.8, 4) is 16.3 Å². The average Bonchev–Trinajstić information content (AvgIpc) is 3.73. The molecule has 1 unspecified atom stereocenters. The first kappa shape index (κ1) is 32.6. The number of nitrogens with one attached hydrogen (secondary N) is 1. The summed E-state index contributed by atoms with van der Waals surface area (Å²) in [5.41, 5.74) is 4.82. The predicted molar refractivity (Wildman–Crippen MR) is 162 cm³/mol. The van der Waals surface area contributed by atoms with Crippen molar-refractivity contribution in [1.29, 1.82) is 0 Å². The minimum absolute atomic E-state index is 0.0646. The highest BCUT2D eigenvalue weighted by Gasteiger charge is 2.43. The van der Waals surface area contributed by atoms with E-state index >= 15 is 0 Å². The van der Waals surface area contributed by atoms with Gasteiger partial charge in [0.05, 0.1) is 34.8 Å². The van der Waals surface area contributed by atoms with Gasteiger partial charge in [-0.05, 0) is 42.5 Å². The third kappa shape index (κ3) is 7.99. The van der Waals surface area contributed by atoms with Gasteiger partial charge in [0.2, 0.25) is 11.8 Å². The molecule has 12 heteroatoms. The molecule has 1 saturated heterocycles. The second-order valence-electron chi connectivity index (χ2n) is 11.2. The Kier molecular flexibility index (Phi) is 11.3. The van der Waals surface area contributed by atoms with E-state index in [2.05, 4.69) is 15.5 Å².